The van der Waals surface area contributed by atoms with Crippen LogP contribution in [0, 0.1) is 0 Å². The molecule has 1 aromatic carbocycles. The molecular formula is C12H13BrN2O2. The van der Waals surface area contributed by atoms with Gasteiger partial charge in [0.25, 0.3) is 0 Å². The van der Waals surface area contributed by atoms with Crippen molar-refractivity contribution in [2.45, 2.75) is 13.3 Å². The third kappa shape index (κ3) is 2.61. The summed E-state index contributed by atoms with van der Waals surface area (Å²) in [6.07, 6.45) is 0.975. The second kappa shape index (κ2) is 5.23. The first-order valence-corrected chi connectivity index (χ1v) is 6.15. The highest BCUT2D eigenvalue weighted by Crippen LogP contribution is 2.33. The minimum absolute atomic E-state index is 0.347. The van der Waals surface area contributed by atoms with Gasteiger partial charge < -0.3 is 15.0 Å². The molecule has 17 heavy (non-hydrogen) atoms. The molecule has 0 fully saturated rings. The number of benzene rings is 1. The Balaban J connectivity index is 2.30. The lowest BCUT2D eigenvalue weighted by Gasteiger charge is -2.05. The van der Waals surface area contributed by atoms with E-state index in [9.17, 15) is 0 Å². The van der Waals surface area contributed by atoms with E-state index in [0.29, 0.717) is 22.7 Å². The van der Waals surface area contributed by atoms with E-state index in [2.05, 4.69) is 28.0 Å². The van der Waals surface area contributed by atoms with Crippen LogP contribution in [-0.4, -0.2) is 11.8 Å². The number of nitrogen functional groups attached to an aromatic ring is 1. The quantitative estimate of drug-likeness (QED) is 0.938. The lowest BCUT2D eigenvalue weighted by Crippen LogP contribution is -1.94. The van der Waals surface area contributed by atoms with E-state index in [4.69, 9.17) is 15.0 Å². The van der Waals surface area contributed by atoms with Gasteiger partial charge in [-0.1, -0.05) is 24.2 Å². The van der Waals surface area contributed by atoms with Gasteiger partial charge in [-0.25, -0.2) is 0 Å². The fourth-order valence-corrected chi connectivity index (χ4v) is 1.79. The van der Waals surface area contributed by atoms with Crippen LogP contribution in [0.15, 0.2) is 33.3 Å². The van der Waals surface area contributed by atoms with Crippen molar-refractivity contribution >= 4 is 21.7 Å². The van der Waals surface area contributed by atoms with Crippen molar-refractivity contribution < 1.29 is 9.26 Å². The Labute approximate surface area is 108 Å². The van der Waals surface area contributed by atoms with E-state index >= 15 is 0 Å². The first-order chi connectivity index (χ1) is 8.22. The number of rotatable bonds is 4. The molecule has 2 aromatic rings. The summed E-state index contributed by atoms with van der Waals surface area (Å²) in [7, 11) is 0. The van der Waals surface area contributed by atoms with Gasteiger partial charge >= 0.3 is 0 Å². The van der Waals surface area contributed by atoms with Crippen LogP contribution in [-0.2, 0) is 0 Å². The molecule has 0 aliphatic rings. The topological polar surface area (TPSA) is 61.3 Å². The second-order valence-electron chi connectivity index (χ2n) is 3.59. The number of halogens is 1. The first kappa shape index (κ1) is 12.0. The summed E-state index contributed by atoms with van der Waals surface area (Å²) in [6, 6.07) is 7.64. The van der Waals surface area contributed by atoms with Gasteiger partial charge in [-0.05, 0) is 34.5 Å². The average Bonchev–Trinajstić information content (AvgIpc) is 2.68. The normalized spacial score (nSPS) is 10.5. The van der Waals surface area contributed by atoms with Crippen molar-refractivity contribution in [2.75, 3.05) is 12.3 Å². The molecule has 1 aromatic heterocycles. The van der Waals surface area contributed by atoms with Crippen LogP contribution in [0.1, 0.15) is 13.3 Å². The maximum absolute atomic E-state index is 5.61. The molecule has 2 N–H and O–H groups in total. The van der Waals surface area contributed by atoms with E-state index in [1.807, 2.05) is 24.3 Å². The van der Waals surface area contributed by atoms with Crippen molar-refractivity contribution in [1.29, 1.82) is 0 Å². The molecule has 0 radical (unpaired) electrons. The molecule has 5 heteroatoms. The van der Waals surface area contributed by atoms with E-state index in [1.54, 1.807) is 0 Å². The van der Waals surface area contributed by atoms with Gasteiger partial charge in [0.1, 0.15) is 10.2 Å². The average molecular weight is 297 g/mol. The Morgan fingerprint density at radius 3 is 2.94 bits per heavy atom. The predicted molar refractivity (Wildman–Crippen MR) is 69.8 cm³/mol. The minimum atomic E-state index is 0.347. The summed E-state index contributed by atoms with van der Waals surface area (Å²) < 4.78 is 11.4. The van der Waals surface area contributed by atoms with Crippen molar-refractivity contribution in [3.05, 3.63) is 28.7 Å². The zero-order chi connectivity index (χ0) is 12.3. The van der Waals surface area contributed by atoms with Crippen LogP contribution in [0.25, 0.3) is 11.3 Å². The molecule has 0 unspecified atom stereocenters. The minimum Gasteiger partial charge on any atom is -0.494 e. The van der Waals surface area contributed by atoms with Crippen LogP contribution in [0.3, 0.4) is 0 Å². The van der Waals surface area contributed by atoms with Crippen LogP contribution >= 0.6 is 15.9 Å². The Kier molecular flexibility index (Phi) is 3.68. The highest BCUT2D eigenvalue weighted by atomic mass is 79.9. The maximum Gasteiger partial charge on any atom is 0.183 e. The van der Waals surface area contributed by atoms with Gasteiger partial charge in [0.2, 0.25) is 0 Å². The monoisotopic (exact) mass is 296 g/mol. The van der Waals surface area contributed by atoms with Gasteiger partial charge in [-0.15, -0.1) is 0 Å². The summed E-state index contributed by atoms with van der Waals surface area (Å²) in [6.45, 7) is 2.76. The van der Waals surface area contributed by atoms with Gasteiger partial charge in [-0.2, -0.15) is 0 Å². The van der Waals surface area contributed by atoms with E-state index in [0.717, 1.165) is 17.7 Å². The van der Waals surface area contributed by atoms with E-state index in [-0.39, 0.29) is 0 Å². The van der Waals surface area contributed by atoms with Gasteiger partial charge in [0, 0.05) is 5.56 Å². The van der Waals surface area contributed by atoms with Crippen molar-refractivity contribution in [3.63, 3.8) is 0 Å². The summed E-state index contributed by atoms with van der Waals surface area (Å²) in [5.74, 6) is 1.77. The molecule has 0 amide bonds. The molecule has 0 aliphatic carbocycles. The lowest BCUT2D eigenvalue weighted by atomic mass is 10.1. The molecule has 2 rings (SSSR count). The maximum atomic E-state index is 5.61. The molecule has 0 saturated heterocycles. The first-order valence-electron chi connectivity index (χ1n) is 5.36. The van der Waals surface area contributed by atoms with Crippen LogP contribution < -0.4 is 10.5 Å². The summed E-state index contributed by atoms with van der Waals surface area (Å²) in [5, 5.41) is 3.70. The Bertz CT molecular complexity index is 511. The van der Waals surface area contributed by atoms with Crippen molar-refractivity contribution in [1.82, 2.24) is 5.16 Å². The summed E-state index contributed by atoms with van der Waals surface area (Å²) in [4.78, 5) is 0. The van der Waals surface area contributed by atoms with Crippen LogP contribution in [0.5, 0.6) is 5.75 Å². The van der Waals surface area contributed by atoms with Crippen molar-refractivity contribution in [3.8, 4) is 17.1 Å². The number of ether oxygens (including phenoxy) is 1. The third-order valence-electron chi connectivity index (χ3n) is 2.23. The number of nitrogens with zero attached hydrogens (tertiary/aromatic N) is 1. The molecule has 0 spiro atoms. The Morgan fingerprint density at radius 1 is 1.47 bits per heavy atom. The second-order valence-corrected chi connectivity index (χ2v) is 4.38. The summed E-state index contributed by atoms with van der Waals surface area (Å²) in [5.41, 5.74) is 6.50. The number of nitrogens with two attached hydrogens (primary N) is 1. The van der Waals surface area contributed by atoms with Gasteiger partial charge in [0.05, 0.1) is 6.61 Å². The molecule has 4 nitrogen and oxygen atoms in total. The van der Waals surface area contributed by atoms with E-state index in [1.165, 1.54) is 0 Å². The smallest absolute Gasteiger partial charge is 0.183 e. The standard InChI is InChI=1S/C12H13BrN2O2/c1-2-6-16-9-5-3-4-8(7-9)11-10(13)12(14)15-17-11/h3-5,7H,2,6H2,1H3,(H2,14,15). The van der Waals surface area contributed by atoms with E-state index < -0.39 is 0 Å². The molecule has 90 valence electrons. The number of aromatic nitrogens is 1. The zero-order valence-electron chi connectivity index (χ0n) is 9.44. The number of hydrogen-bond acceptors (Lipinski definition) is 4. The largest absolute Gasteiger partial charge is 0.494 e. The van der Waals surface area contributed by atoms with Gasteiger partial charge in [-0.3, -0.25) is 0 Å². The van der Waals surface area contributed by atoms with Crippen molar-refractivity contribution in [2.24, 2.45) is 0 Å². The number of hydrogen-bond donors (Lipinski definition) is 1. The fraction of sp³-hybridized carbons (Fsp3) is 0.250. The highest BCUT2D eigenvalue weighted by Gasteiger charge is 2.13. The molecule has 1 heterocycles. The Morgan fingerprint density at radius 2 is 2.29 bits per heavy atom. The van der Waals surface area contributed by atoms with Crippen LogP contribution in [0.2, 0.25) is 0 Å². The SMILES string of the molecule is CCCOc1cccc(-c2onc(N)c2Br)c1. The zero-order valence-corrected chi connectivity index (χ0v) is 11.0. The Hall–Kier alpha value is -1.49. The molecule has 0 saturated carbocycles. The molecule has 0 bridgehead atoms. The lowest BCUT2D eigenvalue weighted by molar-refractivity contribution is 0.317. The molecule has 0 aliphatic heterocycles. The fourth-order valence-electron chi connectivity index (χ4n) is 1.42. The predicted octanol–water partition coefficient (Wildman–Crippen LogP) is 3.48. The van der Waals surface area contributed by atoms with Crippen LogP contribution in [0.4, 0.5) is 5.82 Å². The highest BCUT2D eigenvalue weighted by molar-refractivity contribution is 9.10. The van der Waals surface area contributed by atoms with Gasteiger partial charge in [0.15, 0.2) is 11.6 Å². The molecule has 0 atom stereocenters. The summed E-state index contributed by atoms with van der Waals surface area (Å²) >= 11 is 3.34. The number of anilines is 1. The molecular weight excluding hydrogens is 284 g/mol. The third-order valence-corrected chi connectivity index (χ3v) is 2.99.